The number of anilines is 2. The number of nitrogens with one attached hydrogen (secondary N) is 1. The summed E-state index contributed by atoms with van der Waals surface area (Å²) in [5.74, 6) is 0. The van der Waals surface area contributed by atoms with E-state index in [9.17, 15) is 0 Å². The van der Waals surface area contributed by atoms with Crippen LogP contribution < -0.4 is 10.2 Å². The lowest BCUT2D eigenvalue weighted by Crippen LogP contribution is -2.28. The quantitative estimate of drug-likeness (QED) is 0.197. The Kier molecular flexibility index (Phi) is 6.86. The van der Waals surface area contributed by atoms with E-state index in [-0.39, 0.29) is 6.17 Å². The van der Waals surface area contributed by atoms with Gasteiger partial charge in [-0.3, -0.25) is 0 Å². The van der Waals surface area contributed by atoms with Gasteiger partial charge in [-0.2, -0.15) is 0 Å². The van der Waals surface area contributed by atoms with Crippen LogP contribution in [0.2, 0.25) is 0 Å². The minimum absolute atomic E-state index is 0.0164. The molecule has 2 heteroatoms. The van der Waals surface area contributed by atoms with E-state index in [0.717, 1.165) is 25.7 Å². The van der Waals surface area contributed by atoms with Gasteiger partial charge in [-0.1, -0.05) is 134 Å². The Bertz CT molecular complexity index is 2270. The minimum atomic E-state index is 0.0164. The lowest BCUT2D eigenvalue weighted by molar-refractivity contribution is 0.749. The Balaban J connectivity index is 1.27. The normalized spacial score (nSPS) is 17.0. The van der Waals surface area contributed by atoms with Crippen LogP contribution >= 0.6 is 0 Å². The summed E-state index contributed by atoms with van der Waals surface area (Å²) < 4.78 is 0. The maximum atomic E-state index is 3.90. The van der Waals surface area contributed by atoms with Crippen LogP contribution in [0.4, 0.5) is 11.4 Å². The standard InChI is InChI=1S/C45H36N2/c1-4-14-31(15-5-1)32-24-26-34(27-25-32)43-37-20-10-11-21-38(37)44(33-16-6-2-7-17-33)40-30-35(28-29-39(40)43)45-46-41-22-12-13-23-42(41)47(45)36-18-8-3-9-19-36/h1-6,8,10-16,18,20-30,45-46H,7,9,17,19H2. The van der Waals surface area contributed by atoms with Crippen molar-refractivity contribution in [3.8, 4) is 22.3 Å². The molecule has 1 N–H and O–H groups in total. The molecule has 0 fully saturated rings. The highest BCUT2D eigenvalue weighted by Crippen LogP contribution is 2.48. The van der Waals surface area contributed by atoms with E-state index in [1.54, 1.807) is 0 Å². The zero-order valence-electron chi connectivity index (χ0n) is 26.4. The number of fused-ring (bicyclic) bond motifs is 3. The fraction of sp³-hybridized carbons (Fsp3) is 0.111. The van der Waals surface area contributed by atoms with Crippen molar-refractivity contribution in [3.05, 3.63) is 175 Å². The van der Waals surface area contributed by atoms with E-state index >= 15 is 0 Å². The van der Waals surface area contributed by atoms with Crippen LogP contribution in [-0.4, -0.2) is 0 Å². The van der Waals surface area contributed by atoms with Gasteiger partial charge < -0.3 is 10.2 Å². The molecule has 2 aliphatic carbocycles. The number of allylic oxidation sites excluding steroid dienone is 8. The molecule has 226 valence electrons. The van der Waals surface area contributed by atoms with Gasteiger partial charge in [-0.25, -0.2) is 0 Å². The van der Waals surface area contributed by atoms with Crippen LogP contribution in [-0.2, 0) is 0 Å². The zero-order valence-corrected chi connectivity index (χ0v) is 26.4. The maximum absolute atomic E-state index is 3.90. The molecule has 0 spiro atoms. The molecule has 0 saturated carbocycles. The summed E-state index contributed by atoms with van der Waals surface area (Å²) in [6.45, 7) is 0. The number of hydrogen-bond acceptors (Lipinski definition) is 2. The average molecular weight is 605 g/mol. The Labute approximate surface area is 276 Å². The van der Waals surface area contributed by atoms with E-state index in [2.05, 4.69) is 168 Å². The van der Waals surface area contributed by atoms with Crippen molar-refractivity contribution in [2.24, 2.45) is 0 Å². The second-order valence-corrected chi connectivity index (χ2v) is 12.8. The second kappa shape index (κ2) is 11.6. The molecule has 0 radical (unpaired) electrons. The Morgan fingerprint density at radius 1 is 0.532 bits per heavy atom. The Hall–Kier alpha value is -5.60. The van der Waals surface area contributed by atoms with E-state index in [1.807, 2.05) is 0 Å². The molecule has 0 aromatic heterocycles. The lowest BCUT2D eigenvalue weighted by Gasteiger charge is -2.31. The SMILES string of the molecule is C1=CCCC(c2c3ccccc3c(-c3ccc(-c4ccccc4)cc3)c3ccc(C4Nc5ccccc5N4C4=CC=CCC4)cc23)=C1. The van der Waals surface area contributed by atoms with Crippen molar-refractivity contribution in [2.45, 2.75) is 31.8 Å². The smallest absolute Gasteiger partial charge is 0.130 e. The Morgan fingerprint density at radius 3 is 1.96 bits per heavy atom. The van der Waals surface area contributed by atoms with Gasteiger partial charge in [0.15, 0.2) is 0 Å². The molecule has 2 nitrogen and oxygen atoms in total. The number of rotatable bonds is 5. The van der Waals surface area contributed by atoms with Gasteiger partial charge in [-0.05, 0) is 110 Å². The molecular weight excluding hydrogens is 569 g/mol. The number of para-hydroxylation sites is 2. The van der Waals surface area contributed by atoms with Crippen LogP contribution in [0, 0.1) is 0 Å². The molecule has 1 aliphatic heterocycles. The first-order valence-corrected chi connectivity index (χ1v) is 16.8. The van der Waals surface area contributed by atoms with Gasteiger partial charge in [0.05, 0.1) is 11.4 Å². The molecule has 6 aromatic rings. The second-order valence-electron chi connectivity index (χ2n) is 12.8. The van der Waals surface area contributed by atoms with Crippen molar-refractivity contribution in [3.63, 3.8) is 0 Å². The molecule has 1 atom stereocenters. The predicted octanol–water partition coefficient (Wildman–Crippen LogP) is 12.2. The highest BCUT2D eigenvalue weighted by molar-refractivity contribution is 6.19. The third-order valence-electron chi connectivity index (χ3n) is 9.99. The third-order valence-corrected chi connectivity index (χ3v) is 9.99. The first-order valence-electron chi connectivity index (χ1n) is 16.8. The molecule has 47 heavy (non-hydrogen) atoms. The van der Waals surface area contributed by atoms with Crippen LogP contribution in [0.25, 0.3) is 49.4 Å². The first kappa shape index (κ1) is 27.7. The molecule has 0 saturated heterocycles. The van der Waals surface area contributed by atoms with Crippen molar-refractivity contribution in [1.29, 1.82) is 0 Å². The van der Waals surface area contributed by atoms with Gasteiger partial charge >= 0.3 is 0 Å². The highest BCUT2D eigenvalue weighted by atomic mass is 15.3. The van der Waals surface area contributed by atoms with E-state index in [1.165, 1.54) is 77.6 Å². The third kappa shape index (κ3) is 4.80. The molecule has 3 aliphatic rings. The first-order chi connectivity index (χ1) is 23.3. The maximum Gasteiger partial charge on any atom is 0.130 e. The summed E-state index contributed by atoms with van der Waals surface area (Å²) in [5.41, 5.74) is 12.9. The van der Waals surface area contributed by atoms with Gasteiger partial charge in [0, 0.05) is 5.70 Å². The highest BCUT2D eigenvalue weighted by Gasteiger charge is 2.32. The molecule has 1 heterocycles. The van der Waals surface area contributed by atoms with Crippen LogP contribution in [0.15, 0.2) is 163 Å². The lowest BCUT2D eigenvalue weighted by atomic mass is 9.83. The van der Waals surface area contributed by atoms with Crippen LogP contribution in [0.3, 0.4) is 0 Å². The van der Waals surface area contributed by atoms with Gasteiger partial charge in [0.25, 0.3) is 0 Å². The fourth-order valence-corrected chi connectivity index (χ4v) is 7.79. The van der Waals surface area contributed by atoms with E-state index in [0.29, 0.717) is 0 Å². The number of benzene rings is 6. The van der Waals surface area contributed by atoms with Gasteiger partial charge in [0.2, 0.25) is 0 Å². The van der Waals surface area contributed by atoms with Crippen molar-refractivity contribution in [1.82, 2.24) is 0 Å². The summed E-state index contributed by atoms with van der Waals surface area (Å²) in [6, 6.07) is 44.8. The molecular formula is C45H36N2. The van der Waals surface area contributed by atoms with Crippen LogP contribution in [0.5, 0.6) is 0 Å². The van der Waals surface area contributed by atoms with E-state index in [4.69, 9.17) is 0 Å². The van der Waals surface area contributed by atoms with Gasteiger partial charge in [-0.15, -0.1) is 0 Å². The van der Waals surface area contributed by atoms with Crippen molar-refractivity contribution < 1.29 is 0 Å². The minimum Gasteiger partial charge on any atom is -0.359 e. The van der Waals surface area contributed by atoms with E-state index < -0.39 is 0 Å². The fourth-order valence-electron chi connectivity index (χ4n) is 7.79. The largest absolute Gasteiger partial charge is 0.359 e. The summed E-state index contributed by atoms with van der Waals surface area (Å²) in [6.07, 6.45) is 17.9. The van der Waals surface area contributed by atoms with Crippen molar-refractivity contribution >= 4 is 38.5 Å². The molecule has 6 aromatic carbocycles. The summed E-state index contributed by atoms with van der Waals surface area (Å²) in [4.78, 5) is 2.52. The monoisotopic (exact) mass is 604 g/mol. The number of hydrogen-bond donors (Lipinski definition) is 1. The summed E-state index contributed by atoms with van der Waals surface area (Å²) in [5, 5.41) is 9.14. The van der Waals surface area contributed by atoms with Crippen LogP contribution in [0.1, 0.15) is 43.0 Å². The Morgan fingerprint density at radius 2 is 1.19 bits per heavy atom. The number of nitrogens with zero attached hydrogens (tertiary/aromatic N) is 1. The summed E-state index contributed by atoms with van der Waals surface area (Å²) in [7, 11) is 0. The zero-order chi connectivity index (χ0) is 31.2. The van der Waals surface area contributed by atoms with Gasteiger partial charge in [0.1, 0.15) is 6.17 Å². The predicted molar refractivity (Wildman–Crippen MR) is 200 cm³/mol. The molecule has 1 unspecified atom stereocenters. The molecule has 9 rings (SSSR count). The topological polar surface area (TPSA) is 15.3 Å². The molecule has 0 bridgehead atoms. The van der Waals surface area contributed by atoms with Crippen molar-refractivity contribution in [2.75, 3.05) is 10.2 Å². The molecule has 0 amide bonds. The summed E-state index contributed by atoms with van der Waals surface area (Å²) >= 11 is 0. The average Bonchev–Trinajstić information content (AvgIpc) is 3.54.